The minimum atomic E-state index is -1.40. The van der Waals surface area contributed by atoms with Gasteiger partial charge in [-0.25, -0.2) is 0 Å². The summed E-state index contributed by atoms with van der Waals surface area (Å²) in [5, 5.41) is 18.5. The molecule has 1 aromatic rings. The van der Waals surface area contributed by atoms with Crippen molar-refractivity contribution in [3.05, 3.63) is 30.3 Å². The highest BCUT2D eigenvalue weighted by molar-refractivity contribution is 8.00. The van der Waals surface area contributed by atoms with E-state index in [0.29, 0.717) is 6.42 Å². The Kier molecular flexibility index (Phi) is 3.02. The SMILES string of the molecule is N[C@@]1(C(=O)O)C[C@@H](Sc2ccccc2)[C@H]2[C@H](C(=O)O)[C@@H]21. The summed E-state index contributed by atoms with van der Waals surface area (Å²) in [5.74, 6) is -3.23. The van der Waals surface area contributed by atoms with Crippen molar-refractivity contribution in [2.45, 2.75) is 22.1 Å². The lowest BCUT2D eigenvalue weighted by atomic mass is 9.91. The Morgan fingerprint density at radius 1 is 1.25 bits per heavy atom. The maximum absolute atomic E-state index is 11.4. The summed E-state index contributed by atoms with van der Waals surface area (Å²) in [6.07, 6.45) is 0.320. The van der Waals surface area contributed by atoms with Crippen LogP contribution >= 0.6 is 11.8 Å². The zero-order valence-corrected chi connectivity index (χ0v) is 11.4. The summed E-state index contributed by atoms with van der Waals surface area (Å²) in [5.41, 5.74) is 4.58. The van der Waals surface area contributed by atoms with Crippen molar-refractivity contribution >= 4 is 23.7 Å². The van der Waals surface area contributed by atoms with Gasteiger partial charge in [-0.3, -0.25) is 9.59 Å². The van der Waals surface area contributed by atoms with Gasteiger partial charge in [-0.05, 0) is 24.5 Å². The second-order valence-corrected chi connectivity index (χ2v) is 6.80. The molecule has 0 unspecified atom stereocenters. The summed E-state index contributed by atoms with van der Waals surface area (Å²) in [4.78, 5) is 23.6. The summed E-state index contributed by atoms with van der Waals surface area (Å²) in [7, 11) is 0. The third-order valence-electron chi connectivity index (χ3n) is 4.35. The average Bonchev–Trinajstić information content (AvgIpc) is 3.08. The Balaban J connectivity index is 1.83. The number of rotatable bonds is 4. The standard InChI is InChI=1S/C14H15NO4S/c15-14(13(18)19)6-8(9-10(11(9)14)12(16)17)20-7-4-2-1-3-5-7/h1-5,8-11H,6,15H2,(H,16,17)(H,18,19)/t8-,9+,10+,11-,14+/m1/s1. The van der Waals surface area contributed by atoms with Gasteiger partial charge in [0, 0.05) is 16.1 Å². The van der Waals surface area contributed by atoms with E-state index >= 15 is 0 Å². The van der Waals surface area contributed by atoms with E-state index in [1.807, 2.05) is 30.3 Å². The normalized spacial score (nSPS) is 38.2. The molecule has 4 N–H and O–H groups in total. The van der Waals surface area contributed by atoms with Crippen molar-refractivity contribution in [1.29, 1.82) is 0 Å². The zero-order valence-electron chi connectivity index (χ0n) is 10.6. The molecule has 20 heavy (non-hydrogen) atoms. The highest BCUT2D eigenvalue weighted by atomic mass is 32.2. The first-order chi connectivity index (χ1) is 9.45. The monoisotopic (exact) mass is 293 g/mol. The first kappa shape index (κ1) is 13.5. The van der Waals surface area contributed by atoms with Crippen molar-refractivity contribution in [3.8, 4) is 0 Å². The van der Waals surface area contributed by atoms with E-state index in [-0.39, 0.29) is 11.2 Å². The van der Waals surface area contributed by atoms with Crippen LogP contribution in [0.2, 0.25) is 0 Å². The fourth-order valence-electron chi connectivity index (χ4n) is 3.41. The van der Waals surface area contributed by atoms with Crippen LogP contribution in [0.5, 0.6) is 0 Å². The molecule has 0 radical (unpaired) electrons. The second kappa shape index (κ2) is 4.49. The highest BCUT2D eigenvalue weighted by Crippen LogP contribution is 2.65. The van der Waals surface area contributed by atoms with E-state index in [2.05, 4.69) is 0 Å². The number of fused-ring (bicyclic) bond motifs is 1. The number of carboxylic acid groups (broad SMARTS) is 2. The minimum absolute atomic E-state index is 0.0513. The van der Waals surface area contributed by atoms with Gasteiger partial charge in [0.25, 0.3) is 0 Å². The van der Waals surface area contributed by atoms with Crippen LogP contribution in [0.25, 0.3) is 0 Å². The first-order valence-electron chi connectivity index (χ1n) is 6.42. The van der Waals surface area contributed by atoms with Gasteiger partial charge >= 0.3 is 11.9 Å². The predicted octanol–water partition coefficient (Wildman–Crippen LogP) is 1.28. The quantitative estimate of drug-likeness (QED) is 0.773. The van der Waals surface area contributed by atoms with Crippen LogP contribution in [-0.2, 0) is 9.59 Å². The molecule has 5 atom stereocenters. The van der Waals surface area contributed by atoms with Crippen LogP contribution in [0.4, 0.5) is 0 Å². The molecule has 2 aliphatic rings. The molecule has 2 aliphatic carbocycles. The summed E-state index contributed by atoms with van der Waals surface area (Å²) in [6, 6.07) is 9.60. The minimum Gasteiger partial charge on any atom is -0.481 e. The molecule has 5 nitrogen and oxygen atoms in total. The van der Waals surface area contributed by atoms with Crippen LogP contribution in [-0.4, -0.2) is 32.9 Å². The maximum atomic E-state index is 11.4. The van der Waals surface area contributed by atoms with Gasteiger partial charge < -0.3 is 15.9 Å². The van der Waals surface area contributed by atoms with Crippen molar-refractivity contribution in [2.75, 3.05) is 0 Å². The van der Waals surface area contributed by atoms with Crippen LogP contribution in [0.15, 0.2) is 35.2 Å². The second-order valence-electron chi connectivity index (χ2n) is 5.49. The molecule has 106 valence electrons. The van der Waals surface area contributed by atoms with E-state index in [1.54, 1.807) is 0 Å². The van der Waals surface area contributed by atoms with Gasteiger partial charge in [-0.2, -0.15) is 0 Å². The Hall–Kier alpha value is -1.53. The molecule has 0 heterocycles. The Labute approximate surface area is 120 Å². The Morgan fingerprint density at radius 2 is 1.90 bits per heavy atom. The average molecular weight is 293 g/mol. The van der Waals surface area contributed by atoms with Gasteiger partial charge in [0.1, 0.15) is 5.54 Å². The number of hydrogen-bond acceptors (Lipinski definition) is 4. The molecule has 2 saturated carbocycles. The van der Waals surface area contributed by atoms with E-state index < -0.39 is 29.3 Å². The van der Waals surface area contributed by atoms with Gasteiger partial charge in [-0.15, -0.1) is 11.8 Å². The first-order valence-corrected chi connectivity index (χ1v) is 7.30. The molecule has 2 fully saturated rings. The van der Waals surface area contributed by atoms with Gasteiger partial charge in [0.05, 0.1) is 5.92 Å². The molecular formula is C14H15NO4S. The van der Waals surface area contributed by atoms with Crippen LogP contribution in [0, 0.1) is 17.8 Å². The Bertz CT molecular complexity index is 564. The molecule has 0 aromatic heterocycles. The number of benzene rings is 1. The van der Waals surface area contributed by atoms with Crippen molar-refractivity contribution in [3.63, 3.8) is 0 Å². The molecule has 0 amide bonds. The largest absolute Gasteiger partial charge is 0.481 e. The maximum Gasteiger partial charge on any atom is 0.324 e. The molecule has 3 rings (SSSR count). The lowest BCUT2D eigenvalue weighted by Crippen LogP contribution is -2.50. The van der Waals surface area contributed by atoms with Crippen molar-refractivity contribution < 1.29 is 19.8 Å². The van der Waals surface area contributed by atoms with Crippen LogP contribution in [0.3, 0.4) is 0 Å². The van der Waals surface area contributed by atoms with E-state index in [0.717, 1.165) is 4.90 Å². The predicted molar refractivity (Wildman–Crippen MR) is 73.4 cm³/mol. The van der Waals surface area contributed by atoms with Crippen LogP contribution in [0.1, 0.15) is 6.42 Å². The molecule has 0 aliphatic heterocycles. The third-order valence-corrected chi connectivity index (χ3v) is 5.68. The van der Waals surface area contributed by atoms with Gasteiger partial charge in [-0.1, -0.05) is 18.2 Å². The molecule has 0 bridgehead atoms. The number of aliphatic carboxylic acids is 2. The van der Waals surface area contributed by atoms with Gasteiger partial charge in [0.15, 0.2) is 0 Å². The fraction of sp³-hybridized carbons (Fsp3) is 0.429. The number of nitrogens with two attached hydrogens (primary N) is 1. The topological polar surface area (TPSA) is 101 Å². The third kappa shape index (κ3) is 1.91. The van der Waals surface area contributed by atoms with Crippen molar-refractivity contribution in [1.82, 2.24) is 0 Å². The van der Waals surface area contributed by atoms with E-state index in [9.17, 15) is 19.8 Å². The fourth-order valence-corrected chi connectivity index (χ4v) is 4.93. The summed E-state index contributed by atoms with van der Waals surface area (Å²) >= 11 is 1.54. The molecule has 0 spiro atoms. The molecule has 6 heteroatoms. The van der Waals surface area contributed by atoms with Crippen LogP contribution < -0.4 is 5.73 Å². The summed E-state index contributed by atoms with van der Waals surface area (Å²) < 4.78 is 0. The lowest BCUT2D eigenvalue weighted by Gasteiger charge is -2.24. The molecular weight excluding hydrogens is 278 g/mol. The lowest BCUT2D eigenvalue weighted by molar-refractivity contribution is -0.145. The highest BCUT2D eigenvalue weighted by Gasteiger charge is 2.73. The zero-order chi connectivity index (χ0) is 14.5. The van der Waals surface area contributed by atoms with Crippen molar-refractivity contribution in [2.24, 2.45) is 23.5 Å². The number of carboxylic acids is 2. The Morgan fingerprint density at radius 3 is 2.45 bits per heavy atom. The number of carbonyl (C=O) groups is 2. The number of thioether (sulfide) groups is 1. The number of hydrogen-bond donors (Lipinski definition) is 3. The van der Waals surface area contributed by atoms with E-state index in [4.69, 9.17) is 5.73 Å². The van der Waals surface area contributed by atoms with Gasteiger partial charge in [0.2, 0.25) is 0 Å². The smallest absolute Gasteiger partial charge is 0.324 e. The molecule has 0 saturated heterocycles. The van der Waals surface area contributed by atoms with E-state index in [1.165, 1.54) is 11.8 Å². The molecule has 1 aromatic carbocycles. The summed E-state index contributed by atoms with van der Waals surface area (Å²) in [6.45, 7) is 0.